The number of hydrogen-bond acceptors (Lipinski definition) is 2. The van der Waals surface area contributed by atoms with E-state index >= 15 is 0 Å². The molecule has 0 fully saturated rings. The van der Waals surface area contributed by atoms with E-state index < -0.39 is 0 Å². The van der Waals surface area contributed by atoms with Gasteiger partial charge in [0.1, 0.15) is 5.76 Å². The molecule has 2 aromatic carbocycles. The van der Waals surface area contributed by atoms with Gasteiger partial charge in [-0.1, -0.05) is 41.4 Å². The van der Waals surface area contributed by atoms with Gasteiger partial charge in [0.05, 0.1) is 21.1 Å². The molecule has 0 saturated heterocycles. The van der Waals surface area contributed by atoms with Gasteiger partial charge in [-0.05, 0) is 36.4 Å². The van der Waals surface area contributed by atoms with Crippen molar-refractivity contribution < 1.29 is 4.42 Å². The van der Waals surface area contributed by atoms with E-state index in [0.717, 1.165) is 16.6 Å². The van der Waals surface area contributed by atoms with Crippen LogP contribution in [0.2, 0.25) is 10.0 Å². The van der Waals surface area contributed by atoms with Crippen LogP contribution in [0.5, 0.6) is 0 Å². The van der Waals surface area contributed by atoms with E-state index in [1.165, 1.54) is 0 Å². The molecule has 0 aliphatic rings. The van der Waals surface area contributed by atoms with Crippen LogP contribution < -0.4 is 0 Å². The molecule has 0 radical (unpaired) electrons. The summed E-state index contributed by atoms with van der Waals surface area (Å²) in [5.74, 6) is 2.00. The minimum Gasteiger partial charge on any atom is -0.453 e. The quantitative estimate of drug-likeness (QED) is 0.505. The lowest BCUT2D eigenvalue weighted by Crippen LogP contribution is -1.78. The number of furan rings is 1. The van der Waals surface area contributed by atoms with Crippen LogP contribution >= 0.6 is 23.2 Å². The first kappa shape index (κ1) is 13.4. The number of H-pyrrole nitrogens is 1. The summed E-state index contributed by atoms with van der Waals surface area (Å²) in [6.07, 6.45) is 0. The summed E-state index contributed by atoms with van der Waals surface area (Å²) >= 11 is 12.3. The molecule has 0 bridgehead atoms. The predicted octanol–water partition coefficient (Wildman–Crippen LogP) is 5.80. The van der Waals surface area contributed by atoms with E-state index in [0.29, 0.717) is 27.4 Å². The SMILES string of the molecule is Clc1cccc(-c2ccc(-c3nc4ccccc4[nH]3)o2)c1Cl. The number of aromatic nitrogens is 2. The third kappa shape index (κ3) is 2.19. The van der Waals surface area contributed by atoms with Crippen LogP contribution in [-0.2, 0) is 0 Å². The van der Waals surface area contributed by atoms with Gasteiger partial charge in [0.15, 0.2) is 11.6 Å². The fourth-order valence-corrected chi connectivity index (χ4v) is 2.77. The van der Waals surface area contributed by atoms with Crippen molar-refractivity contribution in [1.29, 1.82) is 0 Å². The van der Waals surface area contributed by atoms with E-state index in [4.69, 9.17) is 27.6 Å². The largest absolute Gasteiger partial charge is 0.453 e. The highest BCUT2D eigenvalue weighted by Gasteiger charge is 2.13. The summed E-state index contributed by atoms with van der Waals surface area (Å²) in [4.78, 5) is 7.76. The van der Waals surface area contributed by atoms with E-state index in [-0.39, 0.29) is 0 Å². The molecule has 2 heterocycles. The maximum Gasteiger partial charge on any atom is 0.174 e. The van der Waals surface area contributed by atoms with Gasteiger partial charge >= 0.3 is 0 Å². The Morgan fingerprint density at radius 2 is 1.68 bits per heavy atom. The number of aromatic amines is 1. The van der Waals surface area contributed by atoms with Gasteiger partial charge in [-0.15, -0.1) is 0 Å². The molecular weight excluding hydrogens is 319 g/mol. The minimum absolute atomic E-state index is 0.481. The monoisotopic (exact) mass is 328 g/mol. The molecule has 0 atom stereocenters. The Morgan fingerprint density at radius 1 is 0.864 bits per heavy atom. The number of benzene rings is 2. The summed E-state index contributed by atoms with van der Waals surface area (Å²) in [6, 6.07) is 17.0. The van der Waals surface area contributed by atoms with Crippen LogP contribution in [0.15, 0.2) is 59.0 Å². The van der Waals surface area contributed by atoms with Crippen molar-refractivity contribution in [1.82, 2.24) is 9.97 Å². The Labute approximate surface area is 136 Å². The lowest BCUT2D eigenvalue weighted by molar-refractivity contribution is 0.593. The van der Waals surface area contributed by atoms with Gasteiger partial charge in [-0.3, -0.25) is 0 Å². The summed E-state index contributed by atoms with van der Waals surface area (Å²) in [5, 5.41) is 0.982. The topological polar surface area (TPSA) is 41.8 Å². The van der Waals surface area contributed by atoms with Crippen molar-refractivity contribution in [3.8, 4) is 22.9 Å². The number of rotatable bonds is 2. The fourth-order valence-electron chi connectivity index (χ4n) is 2.37. The molecule has 0 aliphatic heterocycles. The highest BCUT2D eigenvalue weighted by molar-refractivity contribution is 6.43. The maximum atomic E-state index is 6.23. The van der Waals surface area contributed by atoms with Crippen molar-refractivity contribution in [3.63, 3.8) is 0 Å². The average Bonchev–Trinajstić information content (AvgIpc) is 3.16. The highest BCUT2D eigenvalue weighted by atomic mass is 35.5. The standard InChI is InChI=1S/C17H10Cl2N2O/c18-11-5-3-4-10(16(11)19)14-8-9-15(22-14)17-20-12-6-1-2-7-13(12)21-17/h1-9H,(H,20,21). The first-order chi connectivity index (χ1) is 10.7. The van der Waals surface area contributed by atoms with Gasteiger partial charge in [0.25, 0.3) is 0 Å². The molecule has 22 heavy (non-hydrogen) atoms. The van der Waals surface area contributed by atoms with E-state index in [9.17, 15) is 0 Å². The molecule has 0 amide bonds. The van der Waals surface area contributed by atoms with Gasteiger partial charge in [-0.2, -0.15) is 0 Å². The highest BCUT2D eigenvalue weighted by Crippen LogP contribution is 2.35. The number of para-hydroxylation sites is 2. The second-order valence-corrected chi connectivity index (χ2v) is 5.65. The number of hydrogen-bond donors (Lipinski definition) is 1. The molecule has 4 rings (SSSR count). The van der Waals surface area contributed by atoms with Gasteiger partial charge < -0.3 is 9.40 Å². The summed E-state index contributed by atoms with van der Waals surface area (Å²) in [7, 11) is 0. The van der Waals surface area contributed by atoms with Crippen LogP contribution in [0, 0.1) is 0 Å². The third-order valence-electron chi connectivity index (χ3n) is 3.45. The maximum absolute atomic E-state index is 6.23. The minimum atomic E-state index is 0.481. The number of imidazole rings is 1. The molecule has 3 nitrogen and oxygen atoms in total. The average molecular weight is 329 g/mol. The van der Waals surface area contributed by atoms with Crippen LogP contribution in [0.4, 0.5) is 0 Å². The smallest absolute Gasteiger partial charge is 0.174 e. The van der Waals surface area contributed by atoms with Gasteiger partial charge in [0, 0.05) is 5.56 Å². The van der Waals surface area contributed by atoms with Gasteiger partial charge in [-0.25, -0.2) is 4.98 Å². The predicted molar refractivity (Wildman–Crippen MR) is 89.3 cm³/mol. The zero-order valence-corrected chi connectivity index (χ0v) is 12.8. The molecule has 2 aromatic heterocycles. The van der Waals surface area contributed by atoms with Crippen LogP contribution in [0.1, 0.15) is 0 Å². The van der Waals surface area contributed by atoms with Crippen LogP contribution in [0.3, 0.4) is 0 Å². The van der Waals surface area contributed by atoms with Crippen LogP contribution in [-0.4, -0.2) is 9.97 Å². The fraction of sp³-hybridized carbons (Fsp3) is 0. The Balaban J connectivity index is 1.79. The zero-order chi connectivity index (χ0) is 15.1. The van der Waals surface area contributed by atoms with Gasteiger partial charge in [0.2, 0.25) is 0 Å². The Bertz CT molecular complexity index is 939. The second kappa shape index (κ2) is 5.20. The van der Waals surface area contributed by atoms with Crippen molar-refractivity contribution in [3.05, 3.63) is 64.6 Å². The molecule has 5 heteroatoms. The first-order valence-corrected chi connectivity index (χ1v) is 7.47. The zero-order valence-electron chi connectivity index (χ0n) is 11.3. The lowest BCUT2D eigenvalue weighted by atomic mass is 10.2. The molecule has 108 valence electrons. The molecule has 0 aliphatic carbocycles. The van der Waals surface area contributed by atoms with E-state index in [2.05, 4.69) is 9.97 Å². The molecule has 1 N–H and O–H groups in total. The number of nitrogens with zero attached hydrogens (tertiary/aromatic N) is 1. The Kier molecular flexibility index (Phi) is 3.17. The Morgan fingerprint density at radius 3 is 2.55 bits per heavy atom. The molecule has 4 aromatic rings. The molecule has 0 spiro atoms. The summed E-state index contributed by atoms with van der Waals surface area (Å²) < 4.78 is 5.88. The second-order valence-electron chi connectivity index (χ2n) is 4.87. The Hall–Kier alpha value is -2.23. The molecule has 0 saturated carbocycles. The molecule has 0 unspecified atom stereocenters. The number of halogens is 2. The molecular formula is C17H10Cl2N2O. The third-order valence-corrected chi connectivity index (χ3v) is 4.26. The lowest BCUT2D eigenvalue weighted by Gasteiger charge is -2.02. The van der Waals surface area contributed by atoms with Crippen molar-refractivity contribution in [2.24, 2.45) is 0 Å². The number of nitrogens with one attached hydrogen (secondary N) is 1. The number of fused-ring (bicyclic) bond motifs is 1. The van der Waals surface area contributed by atoms with Crippen LogP contribution in [0.25, 0.3) is 33.9 Å². The normalized spacial score (nSPS) is 11.2. The summed E-state index contributed by atoms with van der Waals surface area (Å²) in [5.41, 5.74) is 2.63. The summed E-state index contributed by atoms with van der Waals surface area (Å²) in [6.45, 7) is 0. The van der Waals surface area contributed by atoms with Crippen molar-refractivity contribution >= 4 is 34.2 Å². The van der Waals surface area contributed by atoms with Crippen molar-refractivity contribution in [2.45, 2.75) is 0 Å². The first-order valence-electron chi connectivity index (χ1n) is 6.72. The van der Waals surface area contributed by atoms with E-state index in [1.54, 1.807) is 6.07 Å². The van der Waals surface area contributed by atoms with E-state index in [1.807, 2.05) is 48.5 Å². The van der Waals surface area contributed by atoms with Crippen molar-refractivity contribution in [2.75, 3.05) is 0 Å².